The van der Waals surface area contributed by atoms with E-state index in [1.807, 2.05) is 30.5 Å². The summed E-state index contributed by atoms with van der Waals surface area (Å²) in [6.07, 6.45) is 3.21. The molecule has 0 radical (unpaired) electrons. The van der Waals surface area contributed by atoms with E-state index in [9.17, 15) is 4.79 Å². The number of hydrogen-bond donors (Lipinski definition) is 1. The number of pyridine rings is 1. The minimum absolute atomic E-state index is 0.257. The zero-order valence-corrected chi connectivity index (χ0v) is 18.0. The van der Waals surface area contributed by atoms with Crippen molar-refractivity contribution in [1.82, 2.24) is 29.4 Å². The third-order valence-corrected chi connectivity index (χ3v) is 5.90. The average Bonchev–Trinajstić information content (AvgIpc) is 3.43. The van der Waals surface area contributed by atoms with Crippen LogP contribution in [0.3, 0.4) is 0 Å². The van der Waals surface area contributed by atoms with E-state index in [0.717, 1.165) is 11.3 Å². The van der Waals surface area contributed by atoms with Gasteiger partial charge in [0.2, 0.25) is 4.96 Å². The predicted octanol–water partition coefficient (Wildman–Crippen LogP) is 4.22. The van der Waals surface area contributed by atoms with Crippen LogP contribution >= 0.6 is 11.3 Å². The number of thiazole rings is 1. The Bertz CT molecular complexity index is 1410. The van der Waals surface area contributed by atoms with Crippen molar-refractivity contribution < 1.29 is 4.79 Å². The third kappa shape index (κ3) is 3.38. The van der Waals surface area contributed by atoms with E-state index in [4.69, 9.17) is 0 Å². The number of aromatic nitrogens is 6. The smallest absolute Gasteiger partial charge is 0.261 e. The molecule has 1 amide bonds. The maximum Gasteiger partial charge on any atom is 0.261 e. The molecule has 154 valence electrons. The molecule has 8 nitrogen and oxygen atoms in total. The Morgan fingerprint density at radius 1 is 1.13 bits per heavy atom. The molecule has 0 atom stereocenters. The Morgan fingerprint density at radius 2 is 2.00 bits per heavy atom. The van der Waals surface area contributed by atoms with Crippen LogP contribution in [0.4, 0.5) is 5.95 Å². The first-order chi connectivity index (χ1) is 15.0. The summed E-state index contributed by atoms with van der Waals surface area (Å²) in [7, 11) is 0. The molecule has 0 bridgehead atoms. The van der Waals surface area contributed by atoms with Crippen LogP contribution in [0.5, 0.6) is 0 Å². The molecule has 5 rings (SSSR count). The highest BCUT2D eigenvalue weighted by atomic mass is 32.1. The van der Waals surface area contributed by atoms with Crippen LogP contribution in [-0.2, 0) is 0 Å². The van der Waals surface area contributed by atoms with Gasteiger partial charge in [0.25, 0.3) is 11.9 Å². The van der Waals surface area contributed by atoms with Gasteiger partial charge in [-0.1, -0.05) is 29.8 Å². The Hall–Kier alpha value is -3.85. The van der Waals surface area contributed by atoms with Gasteiger partial charge in [-0.15, -0.1) is 16.4 Å². The number of aryl methyl sites for hydroxylation is 2. The number of nitrogens with zero attached hydrogens (tertiary/aromatic N) is 6. The molecule has 0 aliphatic rings. The minimum Gasteiger partial charge on any atom is -0.289 e. The molecule has 0 saturated carbocycles. The lowest BCUT2D eigenvalue weighted by atomic mass is 10.0. The van der Waals surface area contributed by atoms with Crippen molar-refractivity contribution >= 4 is 28.2 Å². The Kier molecular flexibility index (Phi) is 4.59. The summed E-state index contributed by atoms with van der Waals surface area (Å²) < 4.78 is 3.40. The molecular formula is C22H19N7OS. The van der Waals surface area contributed by atoms with Gasteiger partial charge in [0, 0.05) is 17.1 Å². The lowest BCUT2D eigenvalue weighted by Crippen LogP contribution is -2.14. The number of fused-ring (bicyclic) bond motifs is 1. The lowest BCUT2D eigenvalue weighted by molar-refractivity contribution is 0.102. The van der Waals surface area contributed by atoms with E-state index in [2.05, 4.69) is 57.5 Å². The molecule has 0 unspecified atom stereocenters. The summed E-state index contributed by atoms with van der Waals surface area (Å²) in [4.78, 5) is 22.3. The molecule has 9 heteroatoms. The fraction of sp³-hybridized carbons (Fsp3) is 0.136. The molecule has 0 saturated heterocycles. The Morgan fingerprint density at radius 3 is 2.77 bits per heavy atom. The average molecular weight is 430 g/mol. The molecule has 1 N–H and O–H groups in total. The van der Waals surface area contributed by atoms with Crippen LogP contribution in [0.1, 0.15) is 27.2 Å². The van der Waals surface area contributed by atoms with Gasteiger partial charge in [0.05, 0.1) is 23.1 Å². The summed E-state index contributed by atoms with van der Waals surface area (Å²) in [6, 6.07) is 11.8. The number of amides is 1. The van der Waals surface area contributed by atoms with Gasteiger partial charge >= 0.3 is 0 Å². The largest absolute Gasteiger partial charge is 0.289 e. The number of carbonyl (C=O) groups excluding carboxylic acids is 1. The standard InChI is InChI=1S/C22H19N7OS/c1-13-7-8-16(14(2)10-13)18-12-31-22-26-21(27-29(18)22)25-20(30)17-11-24-28(15(17)3)19-6-4-5-9-23-19/h4-12H,1-3H3,(H,25,27,30). The molecule has 5 aromatic rings. The highest BCUT2D eigenvalue weighted by Crippen LogP contribution is 2.29. The van der Waals surface area contributed by atoms with Crippen LogP contribution in [0.15, 0.2) is 54.2 Å². The number of benzene rings is 1. The summed E-state index contributed by atoms with van der Waals surface area (Å²) in [5.74, 6) is 0.594. The second-order valence-corrected chi connectivity index (χ2v) is 8.10. The SMILES string of the molecule is Cc1ccc(-c2csc3nc(NC(=O)c4cnn(-c5ccccn5)c4C)nn23)c(C)c1. The fourth-order valence-electron chi connectivity index (χ4n) is 3.53. The zero-order valence-electron chi connectivity index (χ0n) is 17.2. The topological polar surface area (TPSA) is 90.0 Å². The molecule has 31 heavy (non-hydrogen) atoms. The van der Waals surface area contributed by atoms with Crippen LogP contribution < -0.4 is 5.32 Å². The third-order valence-electron chi connectivity index (χ3n) is 5.09. The molecule has 4 aromatic heterocycles. The van der Waals surface area contributed by atoms with Crippen LogP contribution in [0, 0.1) is 20.8 Å². The van der Waals surface area contributed by atoms with Crippen LogP contribution in [0.25, 0.3) is 22.0 Å². The van der Waals surface area contributed by atoms with Crippen LogP contribution in [-0.4, -0.2) is 35.3 Å². The van der Waals surface area contributed by atoms with Crippen LogP contribution in [0.2, 0.25) is 0 Å². The summed E-state index contributed by atoms with van der Waals surface area (Å²) in [6.45, 7) is 5.97. The normalized spacial score (nSPS) is 11.2. The van der Waals surface area contributed by atoms with E-state index in [1.54, 1.807) is 15.4 Å². The van der Waals surface area contributed by atoms with Crippen molar-refractivity contribution in [2.75, 3.05) is 5.32 Å². The molecule has 4 heterocycles. The summed E-state index contributed by atoms with van der Waals surface area (Å²) in [5.41, 5.74) is 5.54. The number of hydrogen-bond acceptors (Lipinski definition) is 6. The summed E-state index contributed by atoms with van der Waals surface area (Å²) >= 11 is 1.48. The summed E-state index contributed by atoms with van der Waals surface area (Å²) in [5, 5.41) is 13.6. The molecule has 0 aliphatic carbocycles. The van der Waals surface area contributed by atoms with E-state index >= 15 is 0 Å². The highest BCUT2D eigenvalue weighted by Gasteiger charge is 2.19. The quantitative estimate of drug-likeness (QED) is 0.462. The monoisotopic (exact) mass is 429 g/mol. The maximum atomic E-state index is 12.9. The van der Waals surface area contributed by atoms with Gasteiger partial charge in [0.1, 0.15) is 0 Å². The number of carbonyl (C=O) groups is 1. The van der Waals surface area contributed by atoms with Gasteiger partial charge in [-0.3, -0.25) is 10.1 Å². The van der Waals surface area contributed by atoms with Gasteiger partial charge in [-0.05, 0) is 38.5 Å². The first-order valence-electron chi connectivity index (χ1n) is 9.70. The van der Waals surface area contributed by atoms with E-state index < -0.39 is 0 Å². The minimum atomic E-state index is -0.314. The first-order valence-corrected chi connectivity index (χ1v) is 10.6. The number of anilines is 1. The lowest BCUT2D eigenvalue weighted by Gasteiger charge is -2.05. The van der Waals surface area contributed by atoms with Gasteiger partial charge in [-0.2, -0.15) is 10.1 Å². The van der Waals surface area contributed by atoms with Gasteiger partial charge in [-0.25, -0.2) is 14.2 Å². The number of nitrogens with one attached hydrogen (secondary N) is 1. The van der Waals surface area contributed by atoms with Crippen molar-refractivity contribution in [2.24, 2.45) is 0 Å². The van der Waals surface area contributed by atoms with Gasteiger partial charge < -0.3 is 0 Å². The van der Waals surface area contributed by atoms with E-state index in [-0.39, 0.29) is 11.9 Å². The predicted molar refractivity (Wildman–Crippen MR) is 120 cm³/mol. The van der Waals surface area contributed by atoms with Crippen molar-refractivity contribution in [3.8, 4) is 17.1 Å². The van der Waals surface area contributed by atoms with Crippen molar-refractivity contribution in [2.45, 2.75) is 20.8 Å². The maximum absolute atomic E-state index is 12.9. The second-order valence-electron chi connectivity index (χ2n) is 7.27. The second kappa shape index (κ2) is 7.44. The molecular weight excluding hydrogens is 410 g/mol. The Labute approximate surface area is 182 Å². The Balaban J connectivity index is 1.43. The van der Waals surface area contributed by atoms with Crippen molar-refractivity contribution in [3.63, 3.8) is 0 Å². The highest BCUT2D eigenvalue weighted by molar-refractivity contribution is 7.15. The first kappa shape index (κ1) is 19.1. The molecule has 1 aromatic carbocycles. The van der Waals surface area contributed by atoms with Gasteiger partial charge in [0.15, 0.2) is 5.82 Å². The molecule has 0 aliphatic heterocycles. The molecule has 0 fully saturated rings. The van der Waals surface area contributed by atoms with Crippen molar-refractivity contribution in [3.05, 3.63) is 76.6 Å². The molecule has 0 spiro atoms. The number of rotatable bonds is 4. The zero-order chi connectivity index (χ0) is 21.5. The van der Waals surface area contributed by atoms with Crippen molar-refractivity contribution in [1.29, 1.82) is 0 Å². The van der Waals surface area contributed by atoms with E-state index in [1.165, 1.54) is 28.7 Å². The van der Waals surface area contributed by atoms with E-state index in [0.29, 0.717) is 22.0 Å². The fourth-order valence-corrected chi connectivity index (χ4v) is 4.35.